The largest absolute Gasteiger partial charge is 0.398 e. The van der Waals surface area contributed by atoms with E-state index in [4.69, 9.17) is 10.5 Å². The van der Waals surface area contributed by atoms with Crippen molar-refractivity contribution in [1.82, 2.24) is 0 Å². The molecule has 0 aliphatic heterocycles. The van der Waals surface area contributed by atoms with Gasteiger partial charge in [0.2, 0.25) is 0 Å². The highest BCUT2D eigenvalue weighted by atomic mass is 19.1. The highest BCUT2D eigenvalue weighted by Crippen LogP contribution is 2.23. The van der Waals surface area contributed by atoms with Crippen LogP contribution in [0.25, 0.3) is 0 Å². The van der Waals surface area contributed by atoms with Crippen LogP contribution < -0.4 is 5.73 Å². The average molecular weight is 223 g/mol. The van der Waals surface area contributed by atoms with Crippen LogP contribution in [0.15, 0.2) is 18.2 Å². The number of halogens is 1. The van der Waals surface area contributed by atoms with E-state index in [0.29, 0.717) is 17.9 Å². The maximum Gasteiger partial charge on any atom is 0.130 e. The van der Waals surface area contributed by atoms with Crippen molar-refractivity contribution in [3.05, 3.63) is 29.6 Å². The summed E-state index contributed by atoms with van der Waals surface area (Å²) in [4.78, 5) is 0. The lowest BCUT2D eigenvalue weighted by molar-refractivity contribution is 0.0159. The molecule has 0 atom stereocenters. The van der Waals surface area contributed by atoms with E-state index in [0.717, 1.165) is 12.8 Å². The van der Waals surface area contributed by atoms with E-state index in [9.17, 15) is 4.39 Å². The van der Waals surface area contributed by atoms with Gasteiger partial charge in [-0.05, 0) is 25.0 Å². The minimum Gasteiger partial charge on any atom is -0.398 e. The molecule has 0 amide bonds. The summed E-state index contributed by atoms with van der Waals surface area (Å²) in [6, 6.07) is 4.76. The number of nitrogen functional groups attached to an aromatic ring is 1. The molecule has 0 spiro atoms. The van der Waals surface area contributed by atoms with Crippen LogP contribution in [0.5, 0.6) is 0 Å². The van der Waals surface area contributed by atoms with Gasteiger partial charge in [-0.1, -0.05) is 25.3 Å². The highest BCUT2D eigenvalue weighted by molar-refractivity contribution is 5.46. The predicted molar refractivity (Wildman–Crippen MR) is 62.5 cm³/mol. The fourth-order valence-corrected chi connectivity index (χ4v) is 2.16. The van der Waals surface area contributed by atoms with Gasteiger partial charge in [-0.25, -0.2) is 4.39 Å². The lowest BCUT2D eigenvalue weighted by Crippen LogP contribution is -2.17. The number of nitrogens with two attached hydrogens (primary N) is 1. The van der Waals surface area contributed by atoms with Crippen molar-refractivity contribution in [1.29, 1.82) is 0 Å². The lowest BCUT2D eigenvalue weighted by Gasteiger charge is -2.22. The molecule has 1 aromatic carbocycles. The molecule has 0 heterocycles. The number of ether oxygens (including phenoxy) is 1. The molecule has 0 aromatic heterocycles. The Balaban J connectivity index is 1.93. The zero-order valence-electron chi connectivity index (χ0n) is 9.42. The molecular formula is C13H18FNO. The molecule has 0 unspecified atom stereocenters. The van der Waals surface area contributed by atoms with Crippen LogP contribution in [-0.2, 0) is 11.3 Å². The Morgan fingerprint density at radius 2 is 2.00 bits per heavy atom. The Bertz CT molecular complexity index is 328. The summed E-state index contributed by atoms with van der Waals surface area (Å²) in [5.41, 5.74) is 6.69. The van der Waals surface area contributed by atoms with Crippen LogP contribution in [-0.4, -0.2) is 6.10 Å². The number of hydrogen-bond donors (Lipinski definition) is 1. The minimum atomic E-state index is -0.268. The first kappa shape index (κ1) is 11.4. The highest BCUT2D eigenvalue weighted by Gasteiger charge is 2.15. The number of hydrogen-bond acceptors (Lipinski definition) is 2. The van der Waals surface area contributed by atoms with Crippen LogP contribution in [0.3, 0.4) is 0 Å². The van der Waals surface area contributed by atoms with E-state index in [-0.39, 0.29) is 11.9 Å². The number of rotatable bonds is 3. The normalized spacial score (nSPS) is 17.6. The number of benzene rings is 1. The molecule has 1 fully saturated rings. The summed E-state index contributed by atoms with van der Waals surface area (Å²) < 4.78 is 19.2. The van der Waals surface area contributed by atoms with E-state index in [1.165, 1.54) is 25.3 Å². The van der Waals surface area contributed by atoms with Crippen molar-refractivity contribution in [3.8, 4) is 0 Å². The van der Waals surface area contributed by atoms with Crippen LogP contribution in [0, 0.1) is 5.82 Å². The molecule has 0 saturated heterocycles. The third-order valence-corrected chi connectivity index (χ3v) is 3.17. The molecule has 16 heavy (non-hydrogen) atoms. The van der Waals surface area contributed by atoms with Gasteiger partial charge in [0.1, 0.15) is 5.82 Å². The molecule has 2 nitrogen and oxygen atoms in total. The van der Waals surface area contributed by atoms with Gasteiger partial charge in [-0.15, -0.1) is 0 Å². The smallest absolute Gasteiger partial charge is 0.130 e. The third-order valence-electron chi connectivity index (χ3n) is 3.17. The molecule has 1 aliphatic carbocycles. The van der Waals surface area contributed by atoms with Gasteiger partial charge in [0.15, 0.2) is 0 Å². The van der Waals surface area contributed by atoms with Gasteiger partial charge < -0.3 is 10.5 Å². The maximum atomic E-state index is 13.4. The molecule has 88 valence electrons. The zero-order chi connectivity index (χ0) is 11.4. The molecule has 3 heteroatoms. The Morgan fingerprint density at radius 3 is 2.69 bits per heavy atom. The first-order valence-electron chi connectivity index (χ1n) is 5.92. The van der Waals surface area contributed by atoms with Gasteiger partial charge in [0, 0.05) is 11.3 Å². The fourth-order valence-electron chi connectivity index (χ4n) is 2.16. The average Bonchev–Trinajstić information content (AvgIpc) is 2.30. The summed E-state index contributed by atoms with van der Waals surface area (Å²) in [6.45, 7) is 0.295. The van der Waals surface area contributed by atoms with Crippen molar-refractivity contribution in [2.45, 2.75) is 44.8 Å². The standard InChI is InChI=1S/C13H18FNO/c14-12-7-4-8-13(15)11(12)9-16-10-5-2-1-3-6-10/h4,7-8,10H,1-3,5-6,9,15H2. The van der Waals surface area contributed by atoms with Crippen molar-refractivity contribution in [3.63, 3.8) is 0 Å². The Hall–Kier alpha value is -1.09. The van der Waals surface area contributed by atoms with E-state index in [1.54, 1.807) is 12.1 Å². The fraction of sp³-hybridized carbons (Fsp3) is 0.538. The molecular weight excluding hydrogens is 205 g/mol. The van der Waals surface area contributed by atoms with Crippen molar-refractivity contribution >= 4 is 5.69 Å². The monoisotopic (exact) mass is 223 g/mol. The van der Waals surface area contributed by atoms with E-state index in [2.05, 4.69) is 0 Å². The Morgan fingerprint density at radius 1 is 1.25 bits per heavy atom. The van der Waals surface area contributed by atoms with E-state index < -0.39 is 0 Å². The summed E-state index contributed by atoms with van der Waals surface area (Å²) >= 11 is 0. The Kier molecular flexibility index (Phi) is 3.78. The molecule has 2 N–H and O–H groups in total. The topological polar surface area (TPSA) is 35.2 Å². The van der Waals surface area contributed by atoms with Gasteiger partial charge in [-0.3, -0.25) is 0 Å². The lowest BCUT2D eigenvalue weighted by atomic mass is 9.98. The second kappa shape index (κ2) is 5.30. The van der Waals surface area contributed by atoms with Crippen molar-refractivity contribution < 1.29 is 9.13 Å². The molecule has 0 radical (unpaired) electrons. The van der Waals surface area contributed by atoms with Gasteiger partial charge in [0.05, 0.1) is 12.7 Å². The molecule has 1 aromatic rings. The van der Waals surface area contributed by atoms with Crippen LogP contribution in [0.2, 0.25) is 0 Å². The SMILES string of the molecule is Nc1cccc(F)c1COC1CCCCC1. The molecule has 1 saturated carbocycles. The van der Waals surface area contributed by atoms with Crippen LogP contribution in [0.1, 0.15) is 37.7 Å². The molecule has 2 rings (SSSR count). The van der Waals surface area contributed by atoms with Gasteiger partial charge >= 0.3 is 0 Å². The predicted octanol–water partition coefficient (Wildman–Crippen LogP) is 3.26. The maximum absolute atomic E-state index is 13.4. The molecule has 1 aliphatic rings. The first-order valence-corrected chi connectivity index (χ1v) is 5.92. The summed E-state index contributed by atoms with van der Waals surface area (Å²) in [6.07, 6.45) is 6.20. The first-order chi connectivity index (χ1) is 7.77. The van der Waals surface area contributed by atoms with Gasteiger partial charge in [-0.2, -0.15) is 0 Å². The summed E-state index contributed by atoms with van der Waals surface area (Å²) in [5.74, 6) is -0.268. The van der Waals surface area contributed by atoms with Crippen LogP contribution >= 0.6 is 0 Å². The summed E-state index contributed by atoms with van der Waals surface area (Å²) in [7, 11) is 0. The second-order valence-corrected chi connectivity index (χ2v) is 4.38. The van der Waals surface area contributed by atoms with E-state index in [1.807, 2.05) is 0 Å². The molecule has 0 bridgehead atoms. The quantitative estimate of drug-likeness (QED) is 0.798. The summed E-state index contributed by atoms with van der Waals surface area (Å²) in [5, 5.41) is 0. The van der Waals surface area contributed by atoms with Crippen LogP contribution in [0.4, 0.5) is 10.1 Å². The zero-order valence-corrected chi connectivity index (χ0v) is 9.42. The van der Waals surface area contributed by atoms with Crippen molar-refractivity contribution in [2.75, 3.05) is 5.73 Å². The number of anilines is 1. The van der Waals surface area contributed by atoms with Crippen molar-refractivity contribution in [2.24, 2.45) is 0 Å². The minimum absolute atomic E-state index is 0.268. The van der Waals surface area contributed by atoms with E-state index >= 15 is 0 Å². The van der Waals surface area contributed by atoms with Gasteiger partial charge in [0.25, 0.3) is 0 Å². The Labute approximate surface area is 95.6 Å². The third kappa shape index (κ3) is 2.73. The second-order valence-electron chi connectivity index (χ2n) is 4.38.